The Morgan fingerprint density at radius 2 is 2.07 bits per heavy atom. The van der Waals surface area contributed by atoms with E-state index >= 15 is 0 Å². The van der Waals surface area contributed by atoms with Gasteiger partial charge in [-0.15, -0.1) is 11.3 Å². The number of benzene rings is 1. The topological polar surface area (TPSA) is 12.9 Å². The number of hydrogen-bond acceptors (Lipinski definition) is 2. The van der Waals surface area contributed by atoms with Gasteiger partial charge in [-0.3, -0.25) is 4.98 Å². The summed E-state index contributed by atoms with van der Waals surface area (Å²) in [5.41, 5.74) is 2.98. The molecule has 0 spiro atoms. The summed E-state index contributed by atoms with van der Waals surface area (Å²) in [5.74, 6) is 0. The van der Waals surface area contributed by atoms with E-state index in [1.165, 1.54) is 4.88 Å². The lowest BCUT2D eigenvalue weighted by atomic mass is 10.1. The predicted molar refractivity (Wildman–Crippen MR) is 61.4 cm³/mol. The molecule has 2 aromatic rings. The molecule has 0 amide bonds. The Kier molecular flexibility index (Phi) is 3.06. The van der Waals surface area contributed by atoms with Crippen LogP contribution in [0.4, 0.5) is 0 Å². The lowest BCUT2D eigenvalue weighted by molar-refractivity contribution is 1.22. The van der Waals surface area contributed by atoms with Crippen molar-refractivity contribution in [2.75, 3.05) is 0 Å². The molecule has 72 valence electrons. The Balaban J connectivity index is 2.22. The van der Waals surface area contributed by atoms with Gasteiger partial charge in [-0.25, -0.2) is 0 Å². The van der Waals surface area contributed by atoms with Crippen molar-refractivity contribution in [1.29, 1.82) is 0 Å². The van der Waals surface area contributed by atoms with Gasteiger partial charge in [0.05, 0.1) is 15.6 Å². The van der Waals surface area contributed by atoms with Crippen molar-refractivity contribution in [2.24, 2.45) is 0 Å². The van der Waals surface area contributed by atoms with Gasteiger partial charge < -0.3 is 0 Å². The fourth-order valence-corrected chi connectivity index (χ4v) is 2.13. The summed E-state index contributed by atoms with van der Waals surface area (Å²) >= 11 is 13.4. The van der Waals surface area contributed by atoms with Crippen molar-refractivity contribution in [3.63, 3.8) is 0 Å². The van der Waals surface area contributed by atoms with Crippen molar-refractivity contribution in [1.82, 2.24) is 4.98 Å². The first-order valence-electron chi connectivity index (χ1n) is 4.07. The van der Waals surface area contributed by atoms with Crippen LogP contribution in [0.15, 0.2) is 29.9 Å². The lowest BCUT2D eigenvalue weighted by Gasteiger charge is -2.00. The van der Waals surface area contributed by atoms with Gasteiger partial charge in [0, 0.05) is 17.5 Å². The first-order valence-corrected chi connectivity index (χ1v) is 5.70. The van der Waals surface area contributed by atoms with Crippen LogP contribution in [0.3, 0.4) is 0 Å². The number of hydrogen-bond donors (Lipinski definition) is 0. The van der Waals surface area contributed by atoms with E-state index in [9.17, 15) is 0 Å². The fourth-order valence-electron chi connectivity index (χ4n) is 1.18. The number of nitrogens with zero attached hydrogens (tertiary/aromatic N) is 1. The summed E-state index contributed by atoms with van der Waals surface area (Å²) in [5, 5.41) is 1.20. The monoisotopic (exact) mass is 243 g/mol. The summed E-state index contributed by atoms with van der Waals surface area (Å²) in [4.78, 5) is 5.24. The summed E-state index contributed by atoms with van der Waals surface area (Å²) < 4.78 is 0. The maximum Gasteiger partial charge on any atom is 0.0794 e. The molecule has 0 aliphatic rings. The van der Waals surface area contributed by atoms with Crippen molar-refractivity contribution in [2.45, 2.75) is 6.42 Å². The molecule has 1 aromatic carbocycles. The zero-order valence-corrected chi connectivity index (χ0v) is 9.53. The Morgan fingerprint density at radius 1 is 1.21 bits per heavy atom. The minimum atomic E-state index is 0.597. The second kappa shape index (κ2) is 4.30. The van der Waals surface area contributed by atoms with Gasteiger partial charge in [0.1, 0.15) is 0 Å². The molecular weight excluding hydrogens is 237 g/mol. The summed E-state index contributed by atoms with van der Waals surface area (Å²) in [7, 11) is 0. The first-order chi connectivity index (χ1) is 6.75. The van der Waals surface area contributed by atoms with Crippen LogP contribution in [0.1, 0.15) is 10.4 Å². The lowest BCUT2D eigenvalue weighted by Crippen LogP contribution is -1.84. The van der Waals surface area contributed by atoms with Crippen LogP contribution in [0.25, 0.3) is 0 Å². The maximum atomic E-state index is 5.91. The standard InChI is InChI=1S/C10H7Cl2NS/c11-9-2-1-7(4-10(9)12)3-8-5-13-6-14-8/h1-2,4-6H,3H2. The Morgan fingerprint density at radius 3 is 2.71 bits per heavy atom. The van der Waals surface area contributed by atoms with Gasteiger partial charge in [-0.05, 0) is 17.7 Å². The molecule has 0 unspecified atom stereocenters. The Bertz CT molecular complexity index is 426. The van der Waals surface area contributed by atoms with Crippen molar-refractivity contribution in [3.8, 4) is 0 Å². The maximum absolute atomic E-state index is 5.91. The minimum Gasteiger partial charge on any atom is -0.253 e. The number of rotatable bonds is 2. The molecule has 0 aliphatic heterocycles. The third-order valence-corrected chi connectivity index (χ3v) is 3.36. The van der Waals surface area contributed by atoms with E-state index in [4.69, 9.17) is 23.2 Å². The molecule has 0 bridgehead atoms. The van der Waals surface area contributed by atoms with E-state index in [1.807, 2.05) is 29.9 Å². The Hall–Kier alpha value is -0.570. The van der Waals surface area contributed by atoms with Crippen LogP contribution in [-0.4, -0.2) is 4.98 Å². The molecule has 0 radical (unpaired) electrons. The highest BCUT2D eigenvalue weighted by Gasteiger charge is 2.01. The van der Waals surface area contributed by atoms with Crippen LogP contribution < -0.4 is 0 Å². The summed E-state index contributed by atoms with van der Waals surface area (Å²) in [6.45, 7) is 0. The molecule has 0 N–H and O–H groups in total. The third-order valence-electron chi connectivity index (χ3n) is 1.85. The fraction of sp³-hybridized carbons (Fsp3) is 0.100. The van der Waals surface area contributed by atoms with Crippen molar-refractivity contribution in [3.05, 3.63) is 50.4 Å². The third kappa shape index (κ3) is 2.27. The van der Waals surface area contributed by atoms with Crippen LogP contribution >= 0.6 is 34.5 Å². The largest absolute Gasteiger partial charge is 0.253 e. The van der Waals surface area contributed by atoms with E-state index in [1.54, 1.807) is 11.3 Å². The quantitative estimate of drug-likeness (QED) is 0.776. The predicted octanol–water partition coefficient (Wildman–Crippen LogP) is 4.04. The summed E-state index contributed by atoms with van der Waals surface area (Å²) in [6, 6.07) is 5.69. The molecule has 1 heterocycles. The van der Waals surface area contributed by atoms with Crippen LogP contribution in [-0.2, 0) is 6.42 Å². The second-order valence-electron chi connectivity index (χ2n) is 2.89. The van der Waals surface area contributed by atoms with E-state index in [0.29, 0.717) is 10.0 Å². The number of thiazole rings is 1. The smallest absolute Gasteiger partial charge is 0.0794 e. The second-order valence-corrected chi connectivity index (χ2v) is 4.68. The van der Waals surface area contributed by atoms with Gasteiger partial charge in [0.2, 0.25) is 0 Å². The molecule has 4 heteroatoms. The molecule has 1 nitrogen and oxygen atoms in total. The number of halogens is 2. The van der Waals surface area contributed by atoms with E-state index in [2.05, 4.69) is 4.98 Å². The highest BCUT2D eigenvalue weighted by atomic mass is 35.5. The molecule has 0 saturated heterocycles. The minimum absolute atomic E-state index is 0.597. The Labute approximate surface area is 96.3 Å². The van der Waals surface area contributed by atoms with E-state index in [-0.39, 0.29) is 0 Å². The molecule has 14 heavy (non-hydrogen) atoms. The molecule has 1 aromatic heterocycles. The van der Waals surface area contributed by atoms with Crippen LogP contribution in [0, 0.1) is 0 Å². The zero-order valence-electron chi connectivity index (χ0n) is 7.21. The molecule has 0 atom stereocenters. The highest BCUT2D eigenvalue weighted by Crippen LogP contribution is 2.24. The average Bonchev–Trinajstić information content (AvgIpc) is 2.64. The zero-order chi connectivity index (χ0) is 9.97. The molecule has 0 saturated carbocycles. The van der Waals surface area contributed by atoms with Gasteiger partial charge >= 0.3 is 0 Å². The summed E-state index contributed by atoms with van der Waals surface area (Å²) in [6.07, 6.45) is 2.73. The van der Waals surface area contributed by atoms with E-state index in [0.717, 1.165) is 12.0 Å². The van der Waals surface area contributed by atoms with Crippen LogP contribution in [0.2, 0.25) is 10.0 Å². The first kappa shape index (κ1) is 9.97. The van der Waals surface area contributed by atoms with Gasteiger partial charge in [0.15, 0.2) is 0 Å². The number of aromatic nitrogens is 1. The highest BCUT2D eigenvalue weighted by molar-refractivity contribution is 7.09. The van der Waals surface area contributed by atoms with Gasteiger partial charge in [-0.2, -0.15) is 0 Å². The van der Waals surface area contributed by atoms with Crippen molar-refractivity contribution < 1.29 is 0 Å². The molecule has 2 rings (SSSR count). The molecular formula is C10H7Cl2NS. The van der Waals surface area contributed by atoms with Gasteiger partial charge in [0.25, 0.3) is 0 Å². The molecule has 0 aliphatic carbocycles. The SMILES string of the molecule is Clc1ccc(Cc2cncs2)cc1Cl. The molecule has 0 fully saturated rings. The van der Waals surface area contributed by atoms with Gasteiger partial charge in [-0.1, -0.05) is 29.3 Å². The van der Waals surface area contributed by atoms with Crippen molar-refractivity contribution >= 4 is 34.5 Å². The average molecular weight is 244 g/mol. The van der Waals surface area contributed by atoms with Crippen LogP contribution in [0.5, 0.6) is 0 Å². The normalized spacial score (nSPS) is 10.4. The van der Waals surface area contributed by atoms with E-state index < -0.39 is 0 Å².